The molecule has 122 valence electrons. The van der Waals surface area contributed by atoms with E-state index in [-0.39, 0.29) is 5.91 Å². The Labute approximate surface area is 144 Å². The Morgan fingerprint density at radius 2 is 2.00 bits per heavy atom. The summed E-state index contributed by atoms with van der Waals surface area (Å²) < 4.78 is 5.20. The number of nitrogens with zero attached hydrogens (tertiary/aromatic N) is 1. The third kappa shape index (κ3) is 3.75. The molecule has 1 amide bonds. The lowest BCUT2D eigenvalue weighted by molar-refractivity contribution is 0.0946. The molecule has 0 radical (unpaired) electrons. The van der Waals surface area contributed by atoms with Gasteiger partial charge in [-0.05, 0) is 35.9 Å². The summed E-state index contributed by atoms with van der Waals surface area (Å²) in [4.78, 5) is 12.2. The van der Waals surface area contributed by atoms with Gasteiger partial charge in [0.2, 0.25) is 0 Å². The zero-order valence-corrected chi connectivity index (χ0v) is 13.8. The Balaban J connectivity index is 1.68. The molecule has 3 aromatic rings. The molecular formula is C18H16ClN3O2. The number of rotatable bonds is 5. The first-order chi connectivity index (χ1) is 11.7. The maximum absolute atomic E-state index is 12.2. The number of nitrogens with one attached hydrogen (secondary N) is 2. The maximum Gasteiger partial charge on any atom is 0.269 e. The third-order valence-corrected chi connectivity index (χ3v) is 3.81. The highest BCUT2D eigenvalue weighted by molar-refractivity contribution is 6.30. The van der Waals surface area contributed by atoms with Crippen LogP contribution in [-0.4, -0.2) is 23.2 Å². The van der Waals surface area contributed by atoms with Crippen LogP contribution >= 0.6 is 11.6 Å². The summed E-state index contributed by atoms with van der Waals surface area (Å²) in [6.45, 7) is 0.420. The van der Waals surface area contributed by atoms with E-state index in [0.29, 0.717) is 23.0 Å². The summed E-state index contributed by atoms with van der Waals surface area (Å²) in [6.07, 6.45) is 0. The van der Waals surface area contributed by atoms with Crippen molar-refractivity contribution in [2.75, 3.05) is 7.11 Å². The number of ether oxygens (including phenoxy) is 1. The fourth-order valence-electron chi connectivity index (χ4n) is 2.25. The molecule has 0 aliphatic heterocycles. The molecule has 0 saturated heterocycles. The van der Waals surface area contributed by atoms with Crippen LogP contribution in [0.2, 0.25) is 5.02 Å². The molecule has 0 bridgehead atoms. The molecule has 0 unspecified atom stereocenters. The Hall–Kier alpha value is -2.79. The number of hydrogen-bond donors (Lipinski definition) is 2. The molecule has 1 aromatic heterocycles. The first-order valence-electron chi connectivity index (χ1n) is 7.38. The van der Waals surface area contributed by atoms with Crippen molar-refractivity contribution in [2.24, 2.45) is 0 Å². The predicted octanol–water partition coefficient (Wildman–Crippen LogP) is 3.67. The van der Waals surface area contributed by atoms with Gasteiger partial charge < -0.3 is 10.1 Å². The lowest BCUT2D eigenvalue weighted by Crippen LogP contribution is -2.23. The zero-order chi connectivity index (χ0) is 16.9. The van der Waals surface area contributed by atoms with E-state index in [1.165, 1.54) is 0 Å². The van der Waals surface area contributed by atoms with Crippen molar-refractivity contribution in [1.29, 1.82) is 0 Å². The number of H-pyrrole nitrogens is 1. The van der Waals surface area contributed by atoms with E-state index in [1.54, 1.807) is 25.3 Å². The van der Waals surface area contributed by atoms with Gasteiger partial charge in [-0.1, -0.05) is 35.9 Å². The quantitative estimate of drug-likeness (QED) is 0.744. The first kappa shape index (κ1) is 16.1. The lowest BCUT2D eigenvalue weighted by atomic mass is 10.1. The van der Waals surface area contributed by atoms with Crippen molar-refractivity contribution in [3.8, 4) is 17.0 Å². The minimum atomic E-state index is -0.216. The Kier molecular flexibility index (Phi) is 4.82. The van der Waals surface area contributed by atoms with Gasteiger partial charge in [-0.25, -0.2) is 0 Å². The second-order valence-corrected chi connectivity index (χ2v) is 5.64. The van der Waals surface area contributed by atoms with Crippen molar-refractivity contribution < 1.29 is 9.53 Å². The fraction of sp³-hybridized carbons (Fsp3) is 0.111. The number of carbonyl (C=O) groups excluding carboxylic acids is 1. The van der Waals surface area contributed by atoms with E-state index >= 15 is 0 Å². The topological polar surface area (TPSA) is 67.0 Å². The molecule has 0 aliphatic rings. The SMILES string of the molecule is COc1cccc(-c2cc(C(=O)NCc3ccc(Cl)cc3)[nH]n2)c1. The summed E-state index contributed by atoms with van der Waals surface area (Å²) in [5.74, 6) is 0.524. The largest absolute Gasteiger partial charge is 0.497 e. The van der Waals surface area contributed by atoms with Crippen molar-refractivity contribution in [2.45, 2.75) is 6.54 Å². The molecule has 0 aliphatic carbocycles. The minimum Gasteiger partial charge on any atom is -0.497 e. The van der Waals surface area contributed by atoms with E-state index in [2.05, 4.69) is 15.5 Å². The number of benzene rings is 2. The molecule has 3 rings (SSSR count). The van der Waals surface area contributed by atoms with Crippen LogP contribution in [0.5, 0.6) is 5.75 Å². The van der Waals surface area contributed by atoms with E-state index in [9.17, 15) is 4.79 Å². The van der Waals surface area contributed by atoms with Gasteiger partial charge in [-0.3, -0.25) is 9.89 Å². The van der Waals surface area contributed by atoms with Crippen LogP contribution in [0.15, 0.2) is 54.6 Å². The lowest BCUT2D eigenvalue weighted by Gasteiger charge is -2.03. The first-order valence-corrected chi connectivity index (χ1v) is 7.76. The Morgan fingerprint density at radius 1 is 1.21 bits per heavy atom. The maximum atomic E-state index is 12.2. The molecule has 0 saturated carbocycles. The molecule has 24 heavy (non-hydrogen) atoms. The van der Waals surface area contributed by atoms with Crippen LogP contribution < -0.4 is 10.1 Å². The van der Waals surface area contributed by atoms with Crippen LogP contribution in [0.25, 0.3) is 11.3 Å². The number of aromatic nitrogens is 2. The van der Waals surface area contributed by atoms with Gasteiger partial charge in [0.05, 0.1) is 12.8 Å². The third-order valence-electron chi connectivity index (χ3n) is 3.55. The molecular weight excluding hydrogens is 326 g/mol. The molecule has 5 nitrogen and oxygen atoms in total. The monoisotopic (exact) mass is 341 g/mol. The number of halogens is 1. The molecule has 1 heterocycles. The Bertz CT molecular complexity index is 843. The summed E-state index contributed by atoms with van der Waals surface area (Å²) in [5.41, 5.74) is 2.94. The smallest absolute Gasteiger partial charge is 0.269 e. The van der Waals surface area contributed by atoms with Crippen LogP contribution in [0.1, 0.15) is 16.1 Å². The van der Waals surface area contributed by atoms with Crippen LogP contribution in [0.3, 0.4) is 0 Å². The Morgan fingerprint density at radius 3 is 2.75 bits per heavy atom. The van der Waals surface area contributed by atoms with Crippen molar-refractivity contribution >= 4 is 17.5 Å². The molecule has 0 spiro atoms. The molecule has 6 heteroatoms. The second kappa shape index (κ2) is 7.19. The number of hydrogen-bond acceptors (Lipinski definition) is 3. The van der Waals surface area contributed by atoms with Gasteiger partial charge in [-0.15, -0.1) is 0 Å². The fourth-order valence-corrected chi connectivity index (χ4v) is 2.37. The van der Waals surface area contributed by atoms with Gasteiger partial charge >= 0.3 is 0 Å². The van der Waals surface area contributed by atoms with Crippen LogP contribution in [0.4, 0.5) is 0 Å². The van der Waals surface area contributed by atoms with E-state index in [4.69, 9.17) is 16.3 Å². The van der Waals surface area contributed by atoms with Gasteiger partial charge in [0, 0.05) is 17.1 Å². The number of amides is 1. The number of methoxy groups -OCH3 is 1. The highest BCUT2D eigenvalue weighted by Gasteiger charge is 2.11. The van der Waals surface area contributed by atoms with Gasteiger partial charge in [-0.2, -0.15) is 5.10 Å². The summed E-state index contributed by atoms with van der Waals surface area (Å²) in [7, 11) is 1.61. The van der Waals surface area contributed by atoms with Crippen molar-refractivity contribution in [3.63, 3.8) is 0 Å². The van der Waals surface area contributed by atoms with Gasteiger partial charge in [0.25, 0.3) is 5.91 Å². The number of carbonyl (C=O) groups is 1. The van der Waals surface area contributed by atoms with Gasteiger partial charge in [0.15, 0.2) is 0 Å². The van der Waals surface area contributed by atoms with Crippen LogP contribution in [-0.2, 0) is 6.54 Å². The summed E-state index contributed by atoms with van der Waals surface area (Å²) in [5, 5.41) is 10.5. The standard InChI is InChI=1S/C18H16ClN3O2/c1-24-15-4-2-3-13(9-15)16-10-17(22-21-16)18(23)20-11-12-5-7-14(19)8-6-12/h2-10H,11H2,1H3,(H,20,23)(H,21,22). The molecule has 2 aromatic carbocycles. The van der Waals surface area contributed by atoms with Crippen LogP contribution in [0, 0.1) is 0 Å². The normalized spacial score (nSPS) is 10.4. The highest BCUT2D eigenvalue weighted by atomic mass is 35.5. The number of aromatic amines is 1. The summed E-state index contributed by atoms with van der Waals surface area (Å²) in [6, 6.07) is 16.6. The summed E-state index contributed by atoms with van der Waals surface area (Å²) >= 11 is 5.84. The predicted molar refractivity (Wildman–Crippen MR) is 93.2 cm³/mol. The van der Waals surface area contributed by atoms with Crippen molar-refractivity contribution in [1.82, 2.24) is 15.5 Å². The molecule has 0 fully saturated rings. The van der Waals surface area contributed by atoms with E-state index in [0.717, 1.165) is 16.9 Å². The van der Waals surface area contributed by atoms with E-state index in [1.807, 2.05) is 36.4 Å². The average Bonchev–Trinajstić information content (AvgIpc) is 3.11. The minimum absolute atomic E-state index is 0.216. The van der Waals surface area contributed by atoms with E-state index < -0.39 is 0 Å². The zero-order valence-electron chi connectivity index (χ0n) is 13.0. The van der Waals surface area contributed by atoms with Gasteiger partial charge in [0.1, 0.15) is 11.4 Å². The molecule has 0 atom stereocenters. The average molecular weight is 342 g/mol. The molecule has 2 N–H and O–H groups in total. The second-order valence-electron chi connectivity index (χ2n) is 5.21. The highest BCUT2D eigenvalue weighted by Crippen LogP contribution is 2.22. The van der Waals surface area contributed by atoms with Crippen molar-refractivity contribution in [3.05, 3.63) is 70.9 Å².